The van der Waals surface area contributed by atoms with E-state index in [9.17, 15) is 0 Å². The monoisotopic (exact) mass is 870 g/mol. The van der Waals surface area contributed by atoms with Gasteiger partial charge >= 0.3 is 0 Å². The molecular weight excluding hydrogens is 833 g/mol. The lowest BCUT2D eigenvalue weighted by Crippen LogP contribution is -1.94. The van der Waals surface area contributed by atoms with E-state index in [1.807, 2.05) is 23.5 Å². The second-order valence-corrected chi connectivity index (χ2v) is 19.6. The van der Waals surface area contributed by atoms with E-state index in [1.54, 1.807) is 0 Å². The zero-order chi connectivity index (χ0) is 43.3. The molecule has 0 N–H and O–H groups in total. The molecule has 0 atom stereocenters. The second-order valence-electron chi connectivity index (χ2n) is 17.4. The van der Waals surface area contributed by atoms with Crippen molar-refractivity contribution < 1.29 is 0 Å². The predicted molar refractivity (Wildman–Crippen MR) is 283 cm³/mol. The Labute approximate surface area is 392 Å². The van der Waals surface area contributed by atoms with Gasteiger partial charge in [0.15, 0.2) is 0 Å². The second kappa shape index (κ2) is 15.0. The van der Waals surface area contributed by atoms with Gasteiger partial charge in [0.2, 0.25) is 0 Å². The van der Waals surface area contributed by atoms with Crippen molar-refractivity contribution in [2.45, 2.75) is 19.6 Å². The first-order valence-electron chi connectivity index (χ1n) is 22.6. The minimum atomic E-state index is 1.22. The van der Waals surface area contributed by atoms with Crippen LogP contribution in [0.4, 0.5) is 0 Å². The molecule has 66 heavy (non-hydrogen) atoms. The van der Waals surface area contributed by atoms with Crippen LogP contribution < -0.4 is 0 Å². The summed E-state index contributed by atoms with van der Waals surface area (Å²) in [6.07, 6.45) is 0. The van der Waals surface area contributed by atoms with E-state index in [1.165, 1.54) is 141 Å². The molecule has 2 aliphatic rings. The zero-order valence-corrected chi connectivity index (χ0v) is 37.4. The molecule has 0 radical (unpaired) electrons. The first kappa shape index (κ1) is 37.7. The summed E-state index contributed by atoms with van der Waals surface area (Å²) in [5.41, 5.74) is 17.7. The molecule has 2 heterocycles. The Kier molecular flexibility index (Phi) is 8.56. The normalized spacial score (nSPS) is 12.4. The summed E-state index contributed by atoms with van der Waals surface area (Å²) in [4.78, 5) is 5.31. The number of rotatable bonds is 5. The van der Waals surface area contributed by atoms with Gasteiger partial charge in [0.1, 0.15) is 0 Å². The molecule has 12 aromatic carbocycles. The van der Waals surface area contributed by atoms with Crippen LogP contribution in [0.3, 0.4) is 0 Å². The van der Waals surface area contributed by atoms with Crippen molar-refractivity contribution >= 4 is 66.6 Å². The quantitative estimate of drug-likeness (QED) is 0.169. The lowest BCUT2D eigenvalue weighted by atomic mass is 9.87. The number of fused-ring (bicyclic) bond motifs is 6. The van der Waals surface area contributed by atoms with Gasteiger partial charge in [0.25, 0.3) is 0 Å². The summed E-state index contributed by atoms with van der Waals surface area (Å²) in [6, 6.07) is 85.9. The van der Waals surface area contributed by atoms with E-state index < -0.39 is 0 Å². The molecule has 2 heteroatoms. The Morgan fingerprint density at radius 3 is 0.864 bits per heavy atom. The Morgan fingerprint density at radius 2 is 0.455 bits per heavy atom. The maximum Gasteiger partial charge on any atom is 0.0207 e. The van der Waals surface area contributed by atoms with Gasteiger partial charge in [0.05, 0.1) is 0 Å². The average molecular weight is 871 g/mol. The molecule has 12 aromatic rings. The van der Waals surface area contributed by atoms with Gasteiger partial charge in [-0.3, -0.25) is 0 Å². The molecule has 0 aliphatic carbocycles. The third-order valence-electron chi connectivity index (χ3n) is 14.0. The van der Waals surface area contributed by atoms with E-state index in [4.69, 9.17) is 0 Å². The van der Waals surface area contributed by atoms with Crippen LogP contribution in [0, 0.1) is 0 Å². The lowest BCUT2D eigenvalue weighted by molar-refractivity contribution is 1.40. The third-order valence-corrected chi connectivity index (χ3v) is 16.2. The van der Waals surface area contributed by atoms with Crippen molar-refractivity contribution in [1.29, 1.82) is 0 Å². The zero-order valence-electron chi connectivity index (χ0n) is 35.8. The van der Waals surface area contributed by atoms with Crippen molar-refractivity contribution in [3.05, 3.63) is 231 Å². The molecular formula is C64H38S2. The Hall–Kier alpha value is -7.62. The van der Waals surface area contributed by atoms with Crippen LogP contribution in [0.25, 0.3) is 121 Å². The Balaban J connectivity index is 0.808. The number of benzene rings is 12. The molecule has 0 nitrogen and oxygen atoms in total. The molecule has 0 aromatic heterocycles. The molecule has 306 valence electrons. The van der Waals surface area contributed by atoms with E-state index in [0.29, 0.717) is 0 Å². The van der Waals surface area contributed by atoms with E-state index in [-0.39, 0.29) is 0 Å². The fraction of sp³-hybridized carbons (Fsp3) is 0. The smallest absolute Gasteiger partial charge is 0.0207 e. The van der Waals surface area contributed by atoms with Crippen LogP contribution in [0.2, 0.25) is 0 Å². The minimum Gasteiger partial charge on any atom is -0.0888 e. The predicted octanol–water partition coefficient (Wildman–Crippen LogP) is 18.9. The van der Waals surface area contributed by atoms with Gasteiger partial charge in [-0.05, 0) is 134 Å². The molecule has 0 unspecified atom stereocenters. The van der Waals surface area contributed by atoms with Crippen LogP contribution in [-0.4, -0.2) is 0 Å². The topological polar surface area (TPSA) is 0 Å². The largest absolute Gasteiger partial charge is 0.0888 e. The highest BCUT2D eigenvalue weighted by Gasteiger charge is 2.23. The highest BCUT2D eigenvalue weighted by molar-refractivity contribution is 8.00. The van der Waals surface area contributed by atoms with Crippen molar-refractivity contribution in [3.63, 3.8) is 0 Å². The van der Waals surface area contributed by atoms with Crippen molar-refractivity contribution in [3.8, 4) is 77.9 Å². The highest BCUT2D eigenvalue weighted by Crippen LogP contribution is 2.52. The SMILES string of the molecule is c1ccc2c(c1)Sc1ccc(-c3ccc(-c4ccc(-c5ccc(-c6ccc(-c7ccc8c9c(cccc79)-c7ccccc7S8)cc6)c6ccccc56)c5ccccc45)cc3)c3cccc-2c13. The Bertz CT molecular complexity index is 3710. The van der Waals surface area contributed by atoms with Crippen LogP contribution in [-0.2, 0) is 0 Å². The van der Waals surface area contributed by atoms with Gasteiger partial charge in [-0.15, -0.1) is 0 Å². The summed E-state index contributed by atoms with van der Waals surface area (Å²) < 4.78 is 0. The van der Waals surface area contributed by atoms with Crippen LogP contribution in [0.1, 0.15) is 0 Å². The van der Waals surface area contributed by atoms with E-state index in [0.717, 1.165) is 0 Å². The summed E-state index contributed by atoms with van der Waals surface area (Å²) >= 11 is 3.76. The maximum atomic E-state index is 2.33. The molecule has 0 saturated carbocycles. The van der Waals surface area contributed by atoms with Gasteiger partial charge in [0, 0.05) is 30.4 Å². The average Bonchev–Trinajstić information content (AvgIpc) is 3.39. The van der Waals surface area contributed by atoms with Gasteiger partial charge < -0.3 is 0 Å². The summed E-state index contributed by atoms with van der Waals surface area (Å²) in [6.45, 7) is 0. The number of hydrogen-bond donors (Lipinski definition) is 0. The molecule has 0 fully saturated rings. The van der Waals surface area contributed by atoms with Crippen molar-refractivity contribution in [2.75, 3.05) is 0 Å². The first-order chi connectivity index (χ1) is 32.7. The molecule has 14 rings (SSSR count). The summed E-state index contributed by atoms with van der Waals surface area (Å²) in [5.74, 6) is 0. The molecule has 0 spiro atoms. The fourth-order valence-corrected chi connectivity index (χ4v) is 13.2. The van der Waals surface area contributed by atoms with Gasteiger partial charge in [-0.25, -0.2) is 0 Å². The van der Waals surface area contributed by atoms with E-state index in [2.05, 4.69) is 231 Å². The molecule has 0 bridgehead atoms. The third kappa shape index (κ3) is 5.82. The van der Waals surface area contributed by atoms with Gasteiger partial charge in [-0.1, -0.05) is 230 Å². The lowest BCUT2D eigenvalue weighted by Gasteiger charge is -2.21. The highest BCUT2D eigenvalue weighted by atomic mass is 32.2. The van der Waals surface area contributed by atoms with Crippen LogP contribution in [0.15, 0.2) is 250 Å². The van der Waals surface area contributed by atoms with Crippen molar-refractivity contribution in [1.82, 2.24) is 0 Å². The fourth-order valence-electron chi connectivity index (χ4n) is 10.9. The Morgan fingerprint density at radius 1 is 0.167 bits per heavy atom. The minimum absolute atomic E-state index is 1.22. The maximum absolute atomic E-state index is 2.33. The molecule has 0 amide bonds. The van der Waals surface area contributed by atoms with E-state index >= 15 is 0 Å². The summed E-state index contributed by atoms with van der Waals surface area (Å²) in [7, 11) is 0. The van der Waals surface area contributed by atoms with Crippen molar-refractivity contribution in [2.24, 2.45) is 0 Å². The molecule has 2 aliphatic heterocycles. The first-order valence-corrected chi connectivity index (χ1v) is 24.3. The van der Waals surface area contributed by atoms with Gasteiger partial charge in [-0.2, -0.15) is 0 Å². The standard InChI is InChI=1S/C64H38S2/c1-3-13-49-47(11-1)43(39-23-27-41(28-24-39)45-35-37-61-63-55(45)17-9-19-57(63)53-15-5-7-21-59(53)65-61)31-33-51(49)52-34-32-44(48-12-2-4-14-50(48)52)40-25-29-42(30-26-40)46-36-38-62-64-56(46)18-10-20-58(64)54-16-6-8-22-60(54)66-62/h1-38H. The van der Waals surface area contributed by atoms with Crippen LogP contribution >= 0.6 is 23.5 Å². The molecule has 0 saturated heterocycles. The van der Waals surface area contributed by atoms with Crippen LogP contribution in [0.5, 0.6) is 0 Å². The summed E-state index contributed by atoms with van der Waals surface area (Å²) in [5, 5.41) is 10.3. The number of hydrogen-bond acceptors (Lipinski definition) is 2.